The molecule has 0 bridgehead atoms. The van der Waals surface area contributed by atoms with E-state index in [1.165, 1.54) is 12.8 Å². The number of pyridine rings is 1. The van der Waals surface area contributed by atoms with E-state index < -0.39 is 6.10 Å². The van der Waals surface area contributed by atoms with Crippen molar-refractivity contribution in [3.05, 3.63) is 60.0 Å². The van der Waals surface area contributed by atoms with E-state index in [0.29, 0.717) is 12.5 Å². The number of nitrogens with zero attached hydrogens (tertiary/aromatic N) is 3. The summed E-state index contributed by atoms with van der Waals surface area (Å²) in [6.07, 6.45) is 4.53. The molecule has 1 aliphatic rings. The van der Waals surface area contributed by atoms with Gasteiger partial charge in [0.25, 0.3) is 0 Å². The molecule has 130 valence electrons. The molecule has 1 fully saturated rings. The van der Waals surface area contributed by atoms with Crippen molar-refractivity contribution >= 4 is 11.2 Å². The molecule has 1 aromatic carbocycles. The second-order valence-electron chi connectivity index (χ2n) is 6.81. The summed E-state index contributed by atoms with van der Waals surface area (Å²) in [5.41, 5.74) is 2.70. The average Bonchev–Trinajstić information content (AvgIpc) is 3.00. The maximum Gasteiger partial charge on any atom is 0.160 e. The quantitative estimate of drug-likeness (QED) is 0.752. The number of rotatable bonds is 5. The third-order valence-corrected chi connectivity index (χ3v) is 5.05. The summed E-state index contributed by atoms with van der Waals surface area (Å²) in [4.78, 5) is 9.34. The summed E-state index contributed by atoms with van der Waals surface area (Å²) in [6.45, 7) is 2.64. The van der Waals surface area contributed by atoms with E-state index in [1.807, 2.05) is 42.5 Å². The van der Waals surface area contributed by atoms with Crippen LogP contribution in [0.5, 0.6) is 0 Å². The van der Waals surface area contributed by atoms with Gasteiger partial charge >= 0.3 is 0 Å². The third kappa shape index (κ3) is 3.57. The minimum absolute atomic E-state index is 0.484. The van der Waals surface area contributed by atoms with Crippen molar-refractivity contribution in [3.8, 4) is 0 Å². The molecule has 5 heteroatoms. The first-order valence-corrected chi connectivity index (χ1v) is 9.05. The summed E-state index contributed by atoms with van der Waals surface area (Å²) < 4.78 is 2.11. The van der Waals surface area contributed by atoms with E-state index in [9.17, 15) is 5.11 Å². The van der Waals surface area contributed by atoms with Gasteiger partial charge in [0.2, 0.25) is 0 Å². The molecule has 1 aliphatic heterocycles. The highest BCUT2D eigenvalue weighted by Crippen LogP contribution is 2.24. The first-order valence-electron chi connectivity index (χ1n) is 9.05. The number of hydrogen-bond acceptors (Lipinski definition) is 4. The molecule has 0 spiro atoms. The summed E-state index contributed by atoms with van der Waals surface area (Å²) in [5, 5.41) is 14.1. The summed E-state index contributed by atoms with van der Waals surface area (Å²) in [7, 11) is 0. The Labute approximate surface area is 147 Å². The lowest BCUT2D eigenvalue weighted by molar-refractivity contribution is 0.156. The van der Waals surface area contributed by atoms with Gasteiger partial charge in [-0.3, -0.25) is 0 Å². The predicted octanol–water partition coefficient (Wildman–Crippen LogP) is 2.71. The molecule has 2 aromatic heterocycles. The van der Waals surface area contributed by atoms with E-state index in [2.05, 4.69) is 14.9 Å². The van der Waals surface area contributed by atoms with E-state index in [-0.39, 0.29) is 0 Å². The van der Waals surface area contributed by atoms with E-state index in [0.717, 1.165) is 42.1 Å². The topological polar surface area (TPSA) is 63.0 Å². The van der Waals surface area contributed by atoms with Gasteiger partial charge < -0.3 is 15.0 Å². The lowest BCUT2D eigenvalue weighted by Crippen LogP contribution is -2.29. The zero-order chi connectivity index (χ0) is 17.1. The van der Waals surface area contributed by atoms with Gasteiger partial charge in [0, 0.05) is 12.6 Å². The lowest BCUT2D eigenvalue weighted by atomic mass is 9.94. The maximum atomic E-state index is 10.7. The van der Waals surface area contributed by atoms with E-state index >= 15 is 0 Å². The Morgan fingerprint density at radius 2 is 1.92 bits per heavy atom. The number of hydrogen-bond donors (Lipinski definition) is 2. The summed E-state index contributed by atoms with van der Waals surface area (Å²) in [6, 6.07) is 13.7. The number of fused-ring (bicyclic) bond motifs is 1. The van der Waals surface area contributed by atoms with Crippen LogP contribution in [-0.4, -0.2) is 32.7 Å². The fraction of sp³-hybridized carbons (Fsp3) is 0.400. The van der Waals surface area contributed by atoms with Crippen LogP contribution < -0.4 is 5.32 Å². The molecule has 0 radical (unpaired) electrons. The lowest BCUT2D eigenvalue weighted by Gasteiger charge is -2.23. The number of piperidine rings is 1. The van der Waals surface area contributed by atoms with Crippen LogP contribution in [-0.2, 0) is 13.0 Å². The minimum atomic E-state index is -0.563. The standard InChI is InChI=1S/C20H24N4O/c25-18(16-5-2-1-3-6-16)14-24-19(13-15-8-11-21-12-9-15)23-17-7-4-10-22-20(17)24/h1-7,10,15,18,21,25H,8-9,11-14H2. The van der Waals surface area contributed by atoms with Gasteiger partial charge in [0.15, 0.2) is 5.65 Å². The average molecular weight is 336 g/mol. The van der Waals surface area contributed by atoms with Crippen molar-refractivity contribution in [1.29, 1.82) is 0 Å². The Morgan fingerprint density at radius 3 is 2.72 bits per heavy atom. The van der Waals surface area contributed by atoms with E-state index in [4.69, 9.17) is 4.98 Å². The van der Waals surface area contributed by atoms with Crippen LogP contribution in [0.4, 0.5) is 0 Å². The smallest absolute Gasteiger partial charge is 0.160 e. The van der Waals surface area contributed by atoms with Gasteiger partial charge in [-0.1, -0.05) is 30.3 Å². The molecule has 0 aliphatic carbocycles. The highest BCUT2D eigenvalue weighted by atomic mass is 16.3. The van der Waals surface area contributed by atoms with E-state index in [1.54, 1.807) is 6.20 Å². The molecular weight excluding hydrogens is 312 g/mol. The number of imidazole rings is 1. The Balaban J connectivity index is 1.64. The first-order chi connectivity index (χ1) is 12.3. The van der Waals surface area contributed by atoms with Gasteiger partial charge in [-0.25, -0.2) is 9.97 Å². The molecule has 1 unspecified atom stereocenters. The van der Waals surface area contributed by atoms with Crippen molar-refractivity contribution < 1.29 is 5.11 Å². The van der Waals surface area contributed by atoms with Gasteiger partial charge in [-0.15, -0.1) is 0 Å². The van der Waals surface area contributed by atoms with Crippen molar-refractivity contribution in [3.63, 3.8) is 0 Å². The van der Waals surface area contributed by atoms with Crippen molar-refractivity contribution in [2.45, 2.75) is 31.9 Å². The zero-order valence-electron chi connectivity index (χ0n) is 14.3. The fourth-order valence-electron chi connectivity index (χ4n) is 3.65. The largest absolute Gasteiger partial charge is 0.387 e. The van der Waals surface area contributed by atoms with Gasteiger partial charge in [0.1, 0.15) is 11.3 Å². The van der Waals surface area contributed by atoms with Crippen LogP contribution in [0, 0.1) is 5.92 Å². The monoisotopic (exact) mass is 336 g/mol. The second kappa shape index (κ2) is 7.33. The maximum absolute atomic E-state index is 10.7. The predicted molar refractivity (Wildman–Crippen MR) is 98.2 cm³/mol. The molecule has 4 rings (SSSR count). The Bertz CT molecular complexity index is 824. The Hall–Kier alpha value is -2.24. The number of aliphatic hydroxyl groups excluding tert-OH is 1. The molecular formula is C20H24N4O. The molecule has 2 N–H and O–H groups in total. The Morgan fingerprint density at radius 1 is 1.12 bits per heavy atom. The van der Waals surface area contributed by atoms with Crippen LogP contribution in [0.1, 0.15) is 30.3 Å². The normalized spacial score (nSPS) is 17.0. The molecule has 3 heterocycles. The summed E-state index contributed by atoms with van der Waals surface area (Å²) in [5.74, 6) is 1.68. The zero-order valence-corrected chi connectivity index (χ0v) is 14.3. The van der Waals surface area contributed by atoms with Gasteiger partial charge in [-0.2, -0.15) is 0 Å². The Kier molecular flexibility index (Phi) is 4.76. The van der Waals surface area contributed by atoms with Gasteiger partial charge in [-0.05, 0) is 49.5 Å². The number of aromatic nitrogens is 3. The van der Waals surface area contributed by atoms with Gasteiger partial charge in [0.05, 0.1) is 12.6 Å². The highest BCUT2D eigenvalue weighted by Gasteiger charge is 2.20. The molecule has 1 atom stereocenters. The molecule has 3 aromatic rings. The molecule has 25 heavy (non-hydrogen) atoms. The molecule has 1 saturated heterocycles. The van der Waals surface area contributed by atoms with Crippen LogP contribution in [0.25, 0.3) is 11.2 Å². The first kappa shape index (κ1) is 16.2. The second-order valence-corrected chi connectivity index (χ2v) is 6.81. The third-order valence-electron chi connectivity index (χ3n) is 5.05. The molecule has 0 saturated carbocycles. The van der Waals surface area contributed by atoms with Crippen LogP contribution in [0.15, 0.2) is 48.7 Å². The SMILES string of the molecule is OC(Cn1c(CC2CCNCC2)nc2cccnc21)c1ccccc1. The van der Waals surface area contributed by atoms with Crippen LogP contribution in [0.3, 0.4) is 0 Å². The molecule has 5 nitrogen and oxygen atoms in total. The molecule has 0 amide bonds. The fourth-order valence-corrected chi connectivity index (χ4v) is 3.65. The highest BCUT2D eigenvalue weighted by molar-refractivity contribution is 5.71. The number of aliphatic hydroxyl groups is 1. The van der Waals surface area contributed by atoms with Crippen molar-refractivity contribution in [2.24, 2.45) is 5.92 Å². The van der Waals surface area contributed by atoms with Crippen molar-refractivity contribution in [2.75, 3.05) is 13.1 Å². The van der Waals surface area contributed by atoms with Crippen LogP contribution in [0.2, 0.25) is 0 Å². The number of benzene rings is 1. The minimum Gasteiger partial charge on any atom is -0.387 e. The number of nitrogens with one attached hydrogen (secondary N) is 1. The summed E-state index contributed by atoms with van der Waals surface area (Å²) >= 11 is 0. The van der Waals surface area contributed by atoms with Crippen LogP contribution >= 0.6 is 0 Å². The van der Waals surface area contributed by atoms with Crippen molar-refractivity contribution in [1.82, 2.24) is 19.9 Å².